The molecule has 1 aromatic heterocycles. The summed E-state index contributed by atoms with van der Waals surface area (Å²) in [5, 5.41) is 3.65. The van der Waals surface area contributed by atoms with Gasteiger partial charge in [0, 0.05) is 10.9 Å². The number of carbonyl (C=O) groups is 1. The van der Waals surface area contributed by atoms with Crippen LogP contribution in [-0.2, 0) is 0 Å². The van der Waals surface area contributed by atoms with E-state index in [-0.39, 0.29) is 17.4 Å². The largest absolute Gasteiger partial charge is 0.497 e. The lowest BCUT2D eigenvalue weighted by Gasteiger charge is -2.14. The zero-order valence-corrected chi connectivity index (χ0v) is 15.1. The Morgan fingerprint density at radius 1 is 1.15 bits per heavy atom. The molecule has 0 saturated heterocycles. The molecule has 1 heterocycles. The molecule has 0 aliphatic heterocycles. The van der Waals surface area contributed by atoms with E-state index in [1.54, 1.807) is 32.2 Å². The molecule has 0 bridgehead atoms. The summed E-state index contributed by atoms with van der Waals surface area (Å²) < 4.78 is 29.7. The van der Waals surface area contributed by atoms with Crippen LogP contribution in [0.5, 0.6) is 11.5 Å². The zero-order valence-electron chi connectivity index (χ0n) is 15.1. The predicted octanol–water partition coefficient (Wildman–Crippen LogP) is 4.39. The van der Waals surface area contributed by atoms with Gasteiger partial charge >= 0.3 is 0 Å². The normalized spacial score (nSPS) is 12.0. The number of hydrogen-bond acceptors (Lipinski definition) is 4. The molecule has 0 saturated carbocycles. The van der Waals surface area contributed by atoms with Crippen LogP contribution in [0.25, 0.3) is 11.0 Å². The van der Waals surface area contributed by atoms with Crippen molar-refractivity contribution in [2.45, 2.75) is 19.9 Å². The molecule has 3 rings (SSSR count). The molecule has 0 fully saturated rings. The summed E-state index contributed by atoms with van der Waals surface area (Å²) in [5.74, 6) is 0.248. The van der Waals surface area contributed by atoms with Crippen molar-refractivity contribution in [2.75, 3.05) is 14.2 Å². The molecular formula is C20H20FNO4. The lowest BCUT2D eigenvalue weighted by molar-refractivity contribution is 0.0913. The number of furan rings is 1. The van der Waals surface area contributed by atoms with Crippen LogP contribution in [0.3, 0.4) is 0 Å². The van der Waals surface area contributed by atoms with Crippen molar-refractivity contribution in [3.63, 3.8) is 0 Å². The van der Waals surface area contributed by atoms with E-state index < -0.39 is 11.9 Å². The van der Waals surface area contributed by atoms with Gasteiger partial charge in [-0.1, -0.05) is 6.07 Å². The second-order valence-electron chi connectivity index (χ2n) is 6.01. The maximum absolute atomic E-state index is 13.9. The van der Waals surface area contributed by atoms with E-state index in [0.29, 0.717) is 16.9 Å². The number of rotatable bonds is 5. The molecule has 0 aliphatic carbocycles. The highest BCUT2D eigenvalue weighted by Crippen LogP contribution is 2.29. The minimum absolute atomic E-state index is 0.161. The Morgan fingerprint density at radius 2 is 1.92 bits per heavy atom. The molecule has 0 aliphatic rings. The van der Waals surface area contributed by atoms with Crippen molar-refractivity contribution in [1.82, 2.24) is 5.32 Å². The SMILES string of the molecule is COc1ccc2oc(C(=O)N[C@H](C)c3ccc(OC)c(F)c3)c(C)c2c1. The van der Waals surface area contributed by atoms with Crippen molar-refractivity contribution in [2.24, 2.45) is 0 Å². The number of hydrogen-bond donors (Lipinski definition) is 1. The lowest BCUT2D eigenvalue weighted by atomic mass is 10.1. The van der Waals surface area contributed by atoms with Gasteiger partial charge in [0.25, 0.3) is 5.91 Å². The number of ether oxygens (including phenoxy) is 2. The fraction of sp³-hybridized carbons (Fsp3) is 0.250. The van der Waals surface area contributed by atoms with E-state index in [2.05, 4.69) is 5.32 Å². The van der Waals surface area contributed by atoms with Gasteiger partial charge in [-0.2, -0.15) is 0 Å². The average molecular weight is 357 g/mol. The van der Waals surface area contributed by atoms with Crippen molar-refractivity contribution in [3.05, 3.63) is 59.1 Å². The van der Waals surface area contributed by atoms with E-state index in [9.17, 15) is 9.18 Å². The summed E-state index contributed by atoms with van der Waals surface area (Å²) in [6, 6.07) is 9.56. The Hall–Kier alpha value is -3.02. The van der Waals surface area contributed by atoms with Crippen LogP contribution in [0.15, 0.2) is 40.8 Å². The van der Waals surface area contributed by atoms with Crippen LogP contribution in [0.1, 0.15) is 34.6 Å². The molecule has 0 unspecified atom stereocenters. The summed E-state index contributed by atoms with van der Waals surface area (Å²) in [4.78, 5) is 12.6. The van der Waals surface area contributed by atoms with E-state index in [1.165, 1.54) is 19.2 Å². The van der Waals surface area contributed by atoms with E-state index in [0.717, 1.165) is 10.9 Å². The molecule has 1 atom stereocenters. The van der Waals surface area contributed by atoms with Gasteiger partial charge in [-0.15, -0.1) is 0 Å². The highest BCUT2D eigenvalue weighted by atomic mass is 19.1. The molecule has 3 aromatic rings. The minimum atomic E-state index is -0.474. The Balaban J connectivity index is 1.84. The number of fused-ring (bicyclic) bond motifs is 1. The molecule has 1 amide bonds. The van der Waals surface area contributed by atoms with Gasteiger partial charge in [0.05, 0.1) is 20.3 Å². The Morgan fingerprint density at radius 3 is 2.58 bits per heavy atom. The fourth-order valence-corrected chi connectivity index (χ4v) is 2.84. The van der Waals surface area contributed by atoms with Crippen LogP contribution in [-0.4, -0.2) is 20.1 Å². The van der Waals surface area contributed by atoms with Gasteiger partial charge < -0.3 is 19.2 Å². The maximum atomic E-state index is 13.9. The number of aryl methyl sites for hydroxylation is 1. The minimum Gasteiger partial charge on any atom is -0.497 e. The van der Waals surface area contributed by atoms with Crippen molar-refractivity contribution in [1.29, 1.82) is 0 Å². The second kappa shape index (κ2) is 7.07. The van der Waals surface area contributed by atoms with Gasteiger partial charge in [0.2, 0.25) is 0 Å². The fourth-order valence-electron chi connectivity index (χ4n) is 2.84. The van der Waals surface area contributed by atoms with E-state index >= 15 is 0 Å². The molecule has 136 valence electrons. The molecule has 6 heteroatoms. The number of benzene rings is 2. The predicted molar refractivity (Wildman–Crippen MR) is 96.3 cm³/mol. The Labute approximate surface area is 150 Å². The summed E-state index contributed by atoms with van der Waals surface area (Å²) in [5.41, 5.74) is 1.97. The van der Waals surface area contributed by atoms with E-state index in [1.807, 2.05) is 13.0 Å². The number of amides is 1. The number of carbonyl (C=O) groups excluding carboxylic acids is 1. The van der Waals surface area contributed by atoms with Gasteiger partial charge in [0.1, 0.15) is 11.3 Å². The monoisotopic (exact) mass is 357 g/mol. The van der Waals surface area contributed by atoms with Crippen LogP contribution >= 0.6 is 0 Å². The lowest BCUT2D eigenvalue weighted by Crippen LogP contribution is -2.26. The summed E-state index contributed by atoms with van der Waals surface area (Å²) in [6.45, 7) is 3.60. The van der Waals surface area contributed by atoms with Crippen LogP contribution in [0, 0.1) is 12.7 Å². The first kappa shape index (κ1) is 17.8. The summed E-state index contributed by atoms with van der Waals surface area (Å²) in [6.07, 6.45) is 0. The first-order chi connectivity index (χ1) is 12.4. The summed E-state index contributed by atoms with van der Waals surface area (Å²) >= 11 is 0. The first-order valence-electron chi connectivity index (χ1n) is 8.16. The maximum Gasteiger partial charge on any atom is 0.287 e. The molecule has 5 nitrogen and oxygen atoms in total. The molecule has 2 aromatic carbocycles. The number of halogens is 1. The Kier molecular flexibility index (Phi) is 4.84. The smallest absolute Gasteiger partial charge is 0.287 e. The second-order valence-corrected chi connectivity index (χ2v) is 6.01. The molecule has 0 radical (unpaired) electrons. The van der Waals surface area contributed by atoms with Gasteiger partial charge in [-0.05, 0) is 49.7 Å². The van der Waals surface area contributed by atoms with Crippen LogP contribution in [0.2, 0.25) is 0 Å². The Bertz CT molecular complexity index is 964. The third-order valence-corrected chi connectivity index (χ3v) is 4.37. The van der Waals surface area contributed by atoms with Gasteiger partial charge in [-0.25, -0.2) is 4.39 Å². The standard InChI is InChI=1S/C20H20FNO4/c1-11-15-10-14(24-3)6-8-17(15)26-19(11)20(23)22-12(2)13-5-7-18(25-4)16(21)9-13/h5-10,12H,1-4H3,(H,22,23)/t12-/m1/s1. The number of nitrogens with one attached hydrogen (secondary N) is 1. The molecule has 1 N–H and O–H groups in total. The highest BCUT2D eigenvalue weighted by Gasteiger charge is 2.20. The third kappa shape index (κ3) is 3.22. The van der Waals surface area contributed by atoms with Crippen LogP contribution in [0.4, 0.5) is 4.39 Å². The van der Waals surface area contributed by atoms with E-state index in [4.69, 9.17) is 13.9 Å². The van der Waals surface area contributed by atoms with Gasteiger partial charge in [0.15, 0.2) is 17.3 Å². The molecule has 26 heavy (non-hydrogen) atoms. The van der Waals surface area contributed by atoms with Crippen molar-refractivity contribution >= 4 is 16.9 Å². The van der Waals surface area contributed by atoms with Gasteiger partial charge in [-0.3, -0.25) is 4.79 Å². The quantitative estimate of drug-likeness (QED) is 0.736. The average Bonchev–Trinajstić information content (AvgIpc) is 2.97. The summed E-state index contributed by atoms with van der Waals surface area (Å²) in [7, 11) is 2.99. The van der Waals surface area contributed by atoms with Crippen LogP contribution < -0.4 is 14.8 Å². The first-order valence-corrected chi connectivity index (χ1v) is 8.16. The van der Waals surface area contributed by atoms with Crippen molar-refractivity contribution < 1.29 is 23.1 Å². The number of methoxy groups -OCH3 is 2. The zero-order chi connectivity index (χ0) is 18.8. The molecular weight excluding hydrogens is 337 g/mol. The highest BCUT2D eigenvalue weighted by molar-refractivity contribution is 5.99. The van der Waals surface area contributed by atoms with Crippen molar-refractivity contribution in [3.8, 4) is 11.5 Å². The third-order valence-electron chi connectivity index (χ3n) is 4.37. The molecule has 0 spiro atoms. The topological polar surface area (TPSA) is 60.7 Å².